The first kappa shape index (κ1) is 14.0. The van der Waals surface area contributed by atoms with Gasteiger partial charge in [-0.25, -0.2) is 0 Å². The fourth-order valence-electron chi connectivity index (χ4n) is 2.25. The van der Waals surface area contributed by atoms with E-state index in [1.54, 1.807) is 0 Å². The zero-order chi connectivity index (χ0) is 14.9. The summed E-state index contributed by atoms with van der Waals surface area (Å²) in [6.45, 7) is 1.12. The molecule has 0 spiro atoms. The third-order valence-electron chi connectivity index (χ3n) is 3.26. The van der Waals surface area contributed by atoms with Gasteiger partial charge >= 0.3 is 6.18 Å². The molecule has 5 nitrogen and oxygen atoms in total. The molecule has 1 unspecified atom stereocenters. The zero-order valence-corrected chi connectivity index (χ0v) is 10.9. The van der Waals surface area contributed by atoms with Crippen LogP contribution in [0.15, 0.2) is 22.7 Å². The van der Waals surface area contributed by atoms with E-state index in [0.29, 0.717) is 19.1 Å². The minimum atomic E-state index is -4.57. The first-order valence-corrected chi connectivity index (χ1v) is 6.49. The average Bonchev–Trinajstić information content (AvgIpc) is 2.97. The summed E-state index contributed by atoms with van der Waals surface area (Å²) < 4.78 is 49.5. The topological polar surface area (TPSA) is 61.0 Å². The van der Waals surface area contributed by atoms with Gasteiger partial charge in [-0.05, 0) is 25.0 Å². The summed E-state index contributed by atoms with van der Waals surface area (Å²) in [6, 6.07) is 2.67. The molecule has 1 atom stereocenters. The van der Waals surface area contributed by atoms with Gasteiger partial charge in [0.25, 0.3) is 0 Å². The Bertz CT molecular complexity index is 621. The highest BCUT2D eigenvalue weighted by atomic mass is 19.4. The van der Waals surface area contributed by atoms with Crippen molar-refractivity contribution in [2.24, 2.45) is 0 Å². The smallest absolute Gasteiger partial charge is 0.420 e. The molecule has 0 bridgehead atoms. The zero-order valence-electron chi connectivity index (χ0n) is 10.9. The van der Waals surface area contributed by atoms with Gasteiger partial charge in [0, 0.05) is 12.8 Å². The van der Waals surface area contributed by atoms with Crippen LogP contribution in [-0.2, 0) is 10.9 Å². The van der Waals surface area contributed by atoms with Crippen molar-refractivity contribution in [1.29, 1.82) is 0 Å². The molecule has 21 heavy (non-hydrogen) atoms. The van der Waals surface area contributed by atoms with Crippen LogP contribution in [0.1, 0.15) is 30.3 Å². The van der Waals surface area contributed by atoms with Gasteiger partial charge in [0.05, 0.1) is 18.1 Å². The van der Waals surface area contributed by atoms with E-state index >= 15 is 0 Å². The first-order valence-electron chi connectivity index (χ1n) is 6.49. The van der Waals surface area contributed by atoms with Crippen molar-refractivity contribution in [2.75, 3.05) is 13.2 Å². The first-order chi connectivity index (χ1) is 10.1. The molecule has 1 aliphatic rings. The van der Waals surface area contributed by atoms with Crippen molar-refractivity contribution in [3.05, 3.63) is 29.9 Å². The molecular weight excluding hydrogens is 287 g/mol. The van der Waals surface area contributed by atoms with Gasteiger partial charge in [0.2, 0.25) is 11.8 Å². The van der Waals surface area contributed by atoms with Crippen molar-refractivity contribution >= 4 is 0 Å². The molecule has 0 N–H and O–H groups in total. The molecule has 1 fully saturated rings. The molecule has 3 heterocycles. The number of nitrogens with zero attached hydrogens (tertiary/aromatic N) is 3. The molecule has 0 amide bonds. The van der Waals surface area contributed by atoms with Gasteiger partial charge < -0.3 is 9.15 Å². The molecule has 1 saturated heterocycles. The Morgan fingerprint density at radius 1 is 1.24 bits per heavy atom. The van der Waals surface area contributed by atoms with Crippen LogP contribution in [0, 0.1) is 0 Å². The minimum Gasteiger partial charge on any atom is -0.420 e. The van der Waals surface area contributed by atoms with Crippen LogP contribution in [0.3, 0.4) is 0 Å². The maximum atomic E-state index is 12.9. The molecule has 2 aromatic rings. The summed E-state index contributed by atoms with van der Waals surface area (Å²) in [6.07, 6.45) is -1.80. The molecule has 1 aliphatic heterocycles. The predicted octanol–water partition coefficient (Wildman–Crippen LogP) is 3.04. The van der Waals surface area contributed by atoms with E-state index in [1.807, 2.05) is 0 Å². The SMILES string of the molecule is FC(F)(F)c1ncccc1-c1nnc(C2CCCOC2)o1. The number of alkyl halides is 3. The van der Waals surface area contributed by atoms with E-state index in [-0.39, 0.29) is 17.4 Å². The number of rotatable bonds is 2. The second-order valence-electron chi connectivity index (χ2n) is 4.76. The Kier molecular flexibility index (Phi) is 3.62. The van der Waals surface area contributed by atoms with Crippen molar-refractivity contribution < 1.29 is 22.3 Å². The second kappa shape index (κ2) is 5.44. The van der Waals surface area contributed by atoms with Crippen molar-refractivity contribution in [2.45, 2.75) is 24.9 Å². The van der Waals surface area contributed by atoms with Gasteiger partial charge in [0.15, 0.2) is 5.69 Å². The normalized spacial score (nSPS) is 19.7. The van der Waals surface area contributed by atoms with Crippen molar-refractivity contribution in [1.82, 2.24) is 15.2 Å². The van der Waals surface area contributed by atoms with Gasteiger partial charge in [-0.15, -0.1) is 10.2 Å². The van der Waals surface area contributed by atoms with E-state index < -0.39 is 11.9 Å². The van der Waals surface area contributed by atoms with E-state index in [1.165, 1.54) is 12.1 Å². The highest BCUT2D eigenvalue weighted by Gasteiger charge is 2.37. The average molecular weight is 299 g/mol. The molecule has 3 rings (SSSR count). The Labute approximate surface area is 118 Å². The highest BCUT2D eigenvalue weighted by Crippen LogP contribution is 2.35. The number of hydrogen-bond donors (Lipinski definition) is 0. The van der Waals surface area contributed by atoms with Crippen molar-refractivity contribution in [3.63, 3.8) is 0 Å². The highest BCUT2D eigenvalue weighted by molar-refractivity contribution is 5.56. The van der Waals surface area contributed by atoms with Crippen LogP contribution < -0.4 is 0 Å². The fourth-order valence-corrected chi connectivity index (χ4v) is 2.25. The summed E-state index contributed by atoms with van der Waals surface area (Å²) in [4.78, 5) is 3.37. The monoisotopic (exact) mass is 299 g/mol. The molecule has 0 radical (unpaired) electrons. The van der Waals surface area contributed by atoms with E-state index in [0.717, 1.165) is 19.0 Å². The second-order valence-corrected chi connectivity index (χ2v) is 4.76. The fraction of sp³-hybridized carbons (Fsp3) is 0.462. The standard InChI is InChI=1S/C13H12F3N3O2/c14-13(15,16)10-9(4-1-5-17-10)12-19-18-11(21-12)8-3-2-6-20-7-8/h1,4-5,8H,2-3,6-7H2. The van der Waals surface area contributed by atoms with Crippen LogP contribution in [0.25, 0.3) is 11.5 Å². The lowest BCUT2D eigenvalue weighted by atomic mass is 10.0. The summed E-state index contributed by atoms with van der Waals surface area (Å²) in [7, 11) is 0. The number of halogens is 3. The Hall–Kier alpha value is -1.96. The summed E-state index contributed by atoms with van der Waals surface area (Å²) in [5.41, 5.74) is -1.24. The van der Waals surface area contributed by atoms with Crippen LogP contribution in [0.2, 0.25) is 0 Å². The number of aromatic nitrogens is 3. The molecule has 0 saturated carbocycles. The third kappa shape index (κ3) is 2.90. The maximum absolute atomic E-state index is 12.9. The summed E-state index contributed by atoms with van der Waals surface area (Å²) in [5.74, 6) is 0.0729. The third-order valence-corrected chi connectivity index (χ3v) is 3.26. The van der Waals surface area contributed by atoms with Crippen LogP contribution >= 0.6 is 0 Å². The Balaban J connectivity index is 1.93. The van der Waals surface area contributed by atoms with Gasteiger partial charge in [0.1, 0.15) is 0 Å². The minimum absolute atomic E-state index is 0.0639. The molecule has 2 aromatic heterocycles. The summed E-state index contributed by atoms with van der Waals surface area (Å²) in [5, 5.41) is 7.57. The van der Waals surface area contributed by atoms with Crippen molar-refractivity contribution in [3.8, 4) is 11.5 Å². The molecular formula is C13H12F3N3O2. The van der Waals surface area contributed by atoms with Crippen LogP contribution in [-0.4, -0.2) is 28.4 Å². The van der Waals surface area contributed by atoms with Gasteiger partial charge in [-0.2, -0.15) is 13.2 Å². The van der Waals surface area contributed by atoms with Gasteiger partial charge in [-0.1, -0.05) is 0 Å². The number of pyridine rings is 1. The Morgan fingerprint density at radius 3 is 2.81 bits per heavy atom. The molecule has 0 aliphatic carbocycles. The van der Waals surface area contributed by atoms with Crippen LogP contribution in [0.4, 0.5) is 13.2 Å². The summed E-state index contributed by atoms with van der Waals surface area (Å²) >= 11 is 0. The lowest BCUT2D eigenvalue weighted by Crippen LogP contribution is -2.15. The van der Waals surface area contributed by atoms with E-state index in [9.17, 15) is 13.2 Å². The van der Waals surface area contributed by atoms with E-state index in [2.05, 4.69) is 15.2 Å². The lowest BCUT2D eigenvalue weighted by molar-refractivity contribution is -0.140. The van der Waals surface area contributed by atoms with Crippen LogP contribution in [0.5, 0.6) is 0 Å². The van der Waals surface area contributed by atoms with Gasteiger partial charge in [-0.3, -0.25) is 4.98 Å². The molecule has 8 heteroatoms. The Morgan fingerprint density at radius 2 is 2.10 bits per heavy atom. The number of ether oxygens (including phenoxy) is 1. The predicted molar refractivity (Wildman–Crippen MR) is 65.3 cm³/mol. The maximum Gasteiger partial charge on any atom is 0.434 e. The van der Waals surface area contributed by atoms with E-state index in [4.69, 9.17) is 9.15 Å². The largest absolute Gasteiger partial charge is 0.434 e. The lowest BCUT2D eigenvalue weighted by Gasteiger charge is -2.18. The number of hydrogen-bond acceptors (Lipinski definition) is 5. The molecule has 0 aromatic carbocycles. The molecule has 112 valence electrons. The quantitative estimate of drug-likeness (QED) is 0.853.